The Kier molecular flexibility index (Phi) is 6.48. The molecule has 2 aromatic heterocycles. The first-order chi connectivity index (χ1) is 12.5. The molecule has 6 heteroatoms. The molecule has 0 bridgehead atoms. The summed E-state index contributed by atoms with van der Waals surface area (Å²) in [5, 5.41) is 11.0. The second-order valence-corrected chi connectivity index (χ2v) is 8.99. The van der Waals surface area contributed by atoms with Crippen molar-refractivity contribution in [2.45, 2.75) is 71.9 Å². The molecule has 2 N–H and O–H groups in total. The highest BCUT2D eigenvalue weighted by Gasteiger charge is 2.22. The zero-order chi connectivity index (χ0) is 18.7. The topological polar surface area (TPSA) is 69.2 Å². The van der Waals surface area contributed by atoms with E-state index in [1.54, 1.807) is 11.3 Å². The number of hydrogen-bond acceptors (Lipinski definition) is 5. The minimum atomic E-state index is -0.326. The van der Waals surface area contributed by atoms with Crippen molar-refractivity contribution < 1.29 is 5.11 Å². The fraction of sp³-hybridized carbons (Fsp3) is 0.700. The molecule has 3 rings (SSSR count). The normalized spacial score (nSPS) is 15.3. The molecule has 26 heavy (non-hydrogen) atoms. The lowest BCUT2D eigenvalue weighted by Gasteiger charge is -2.25. The minimum absolute atomic E-state index is 0.00214. The second kappa shape index (κ2) is 8.63. The molecule has 5 nitrogen and oxygen atoms in total. The van der Waals surface area contributed by atoms with Crippen LogP contribution in [0.25, 0.3) is 10.2 Å². The maximum absolute atomic E-state index is 12.6. The molecule has 2 aromatic rings. The first-order valence-corrected chi connectivity index (χ1v) is 10.7. The van der Waals surface area contributed by atoms with Crippen LogP contribution < -0.4 is 5.56 Å². The van der Waals surface area contributed by atoms with Gasteiger partial charge < -0.3 is 10.1 Å². The number of fused-ring (bicyclic) bond motifs is 3. The van der Waals surface area contributed by atoms with Crippen LogP contribution in [-0.2, 0) is 19.4 Å². The van der Waals surface area contributed by atoms with E-state index < -0.39 is 0 Å². The molecular weight excluding hydrogens is 346 g/mol. The highest BCUT2D eigenvalue weighted by Crippen LogP contribution is 2.34. The average Bonchev–Trinajstić information content (AvgIpc) is 3.13. The van der Waals surface area contributed by atoms with Crippen LogP contribution in [0.3, 0.4) is 0 Å². The second-order valence-electron chi connectivity index (χ2n) is 7.91. The summed E-state index contributed by atoms with van der Waals surface area (Å²) in [7, 11) is 0. The van der Waals surface area contributed by atoms with Gasteiger partial charge in [0, 0.05) is 11.4 Å². The van der Waals surface area contributed by atoms with Gasteiger partial charge in [-0.3, -0.25) is 9.69 Å². The highest BCUT2D eigenvalue weighted by atomic mass is 32.1. The molecule has 0 fully saturated rings. The number of nitrogens with zero attached hydrogens (tertiary/aromatic N) is 2. The van der Waals surface area contributed by atoms with Crippen molar-refractivity contribution in [3.05, 3.63) is 26.6 Å². The van der Waals surface area contributed by atoms with Crippen LogP contribution in [0.5, 0.6) is 0 Å². The molecule has 1 aliphatic carbocycles. The standard InChI is InChI=1S/C20H31N3O2S/c1-4-6-14(24)11-23(10-9-13(2)3)12-17-21-19(25)18-15-7-5-8-16(15)26-20(18)22-17/h13-14,24H,4-12H2,1-3H3,(H,21,22,25). The van der Waals surface area contributed by atoms with Gasteiger partial charge in [0.15, 0.2) is 0 Å². The van der Waals surface area contributed by atoms with Crippen LogP contribution >= 0.6 is 11.3 Å². The smallest absolute Gasteiger partial charge is 0.259 e. The number of thiophene rings is 1. The van der Waals surface area contributed by atoms with Crippen LogP contribution in [0.1, 0.15) is 62.7 Å². The van der Waals surface area contributed by atoms with E-state index in [4.69, 9.17) is 4.98 Å². The minimum Gasteiger partial charge on any atom is -0.392 e. The van der Waals surface area contributed by atoms with Crippen LogP contribution in [-0.4, -0.2) is 39.2 Å². The average molecular weight is 378 g/mol. The Morgan fingerprint density at radius 3 is 2.85 bits per heavy atom. The quantitative estimate of drug-likeness (QED) is 0.702. The molecule has 0 aliphatic heterocycles. The predicted molar refractivity (Wildman–Crippen MR) is 108 cm³/mol. The Morgan fingerprint density at radius 1 is 1.31 bits per heavy atom. The van der Waals surface area contributed by atoms with Gasteiger partial charge in [-0.15, -0.1) is 11.3 Å². The number of nitrogens with one attached hydrogen (secondary N) is 1. The van der Waals surface area contributed by atoms with E-state index >= 15 is 0 Å². The van der Waals surface area contributed by atoms with Gasteiger partial charge in [0.05, 0.1) is 18.0 Å². The number of aromatic nitrogens is 2. The zero-order valence-corrected chi connectivity index (χ0v) is 17.0. The zero-order valence-electron chi connectivity index (χ0n) is 16.2. The highest BCUT2D eigenvalue weighted by molar-refractivity contribution is 7.18. The molecule has 144 valence electrons. The number of rotatable bonds is 9. The molecule has 1 aliphatic rings. The van der Waals surface area contributed by atoms with Gasteiger partial charge in [-0.05, 0) is 50.1 Å². The Bertz CT molecular complexity index is 796. The van der Waals surface area contributed by atoms with Crippen molar-refractivity contribution in [3.8, 4) is 0 Å². The van der Waals surface area contributed by atoms with E-state index in [0.717, 1.165) is 61.1 Å². The Balaban J connectivity index is 1.79. The monoisotopic (exact) mass is 377 g/mol. The van der Waals surface area contributed by atoms with Gasteiger partial charge in [-0.2, -0.15) is 0 Å². The molecule has 0 aromatic carbocycles. The third kappa shape index (κ3) is 4.53. The third-order valence-corrected chi connectivity index (χ3v) is 6.30. The van der Waals surface area contributed by atoms with Crippen molar-refractivity contribution in [2.75, 3.05) is 13.1 Å². The van der Waals surface area contributed by atoms with Crippen molar-refractivity contribution in [2.24, 2.45) is 5.92 Å². The molecule has 0 amide bonds. The SMILES string of the molecule is CCCC(O)CN(CCC(C)C)Cc1nc2sc3c(c2c(=O)[nH]1)CCC3. The van der Waals surface area contributed by atoms with E-state index in [1.807, 2.05) is 0 Å². The molecule has 2 heterocycles. The van der Waals surface area contributed by atoms with Gasteiger partial charge in [-0.1, -0.05) is 27.2 Å². The number of H-pyrrole nitrogens is 1. The third-order valence-electron chi connectivity index (χ3n) is 5.11. The molecule has 0 spiro atoms. The van der Waals surface area contributed by atoms with Crippen LogP contribution in [0.15, 0.2) is 4.79 Å². The molecule has 0 saturated carbocycles. The Labute approximate surface area is 159 Å². The summed E-state index contributed by atoms with van der Waals surface area (Å²) in [5.41, 5.74) is 1.22. The van der Waals surface area contributed by atoms with Gasteiger partial charge in [0.1, 0.15) is 10.7 Å². The predicted octanol–water partition coefficient (Wildman–Crippen LogP) is 3.48. The largest absolute Gasteiger partial charge is 0.392 e. The lowest BCUT2D eigenvalue weighted by atomic mass is 10.1. The molecular formula is C20H31N3O2S. The van der Waals surface area contributed by atoms with Crippen molar-refractivity contribution >= 4 is 21.6 Å². The fourth-order valence-electron chi connectivity index (χ4n) is 3.73. The maximum atomic E-state index is 12.6. The summed E-state index contributed by atoms with van der Waals surface area (Å²) in [5.74, 6) is 1.32. The van der Waals surface area contributed by atoms with Gasteiger partial charge in [0.25, 0.3) is 5.56 Å². The Morgan fingerprint density at radius 2 is 2.12 bits per heavy atom. The van der Waals surface area contributed by atoms with E-state index in [-0.39, 0.29) is 11.7 Å². The Hall–Kier alpha value is -1.24. The van der Waals surface area contributed by atoms with E-state index in [1.165, 1.54) is 10.4 Å². The summed E-state index contributed by atoms with van der Waals surface area (Å²) < 4.78 is 0. The number of aryl methyl sites for hydroxylation is 2. The van der Waals surface area contributed by atoms with Crippen molar-refractivity contribution in [3.63, 3.8) is 0 Å². The molecule has 0 radical (unpaired) electrons. The summed E-state index contributed by atoms with van der Waals surface area (Å²) >= 11 is 1.68. The molecule has 0 saturated heterocycles. The van der Waals surface area contributed by atoms with E-state index in [9.17, 15) is 9.90 Å². The van der Waals surface area contributed by atoms with Crippen LogP contribution in [0, 0.1) is 5.92 Å². The maximum Gasteiger partial charge on any atom is 0.259 e. The van der Waals surface area contributed by atoms with Gasteiger partial charge >= 0.3 is 0 Å². The number of aliphatic hydroxyl groups excluding tert-OH is 1. The van der Waals surface area contributed by atoms with Crippen molar-refractivity contribution in [1.29, 1.82) is 0 Å². The fourth-order valence-corrected chi connectivity index (χ4v) is 5.01. The van der Waals surface area contributed by atoms with E-state index in [0.29, 0.717) is 19.0 Å². The lowest BCUT2D eigenvalue weighted by molar-refractivity contribution is 0.0968. The summed E-state index contributed by atoms with van der Waals surface area (Å²) in [6.45, 7) is 8.62. The summed E-state index contributed by atoms with van der Waals surface area (Å²) in [6.07, 6.45) is 5.75. The van der Waals surface area contributed by atoms with Gasteiger partial charge in [0.2, 0.25) is 0 Å². The van der Waals surface area contributed by atoms with E-state index in [2.05, 4.69) is 30.7 Å². The summed E-state index contributed by atoms with van der Waals surface area (Å²) in [6, 6.07) is 0. The number of aromatic amines is 1. The van der Waals surface area contributed by atoms with Crippen LogP contribution in [0.2, 0.25) is 0 Å². The van der Waals surface area contributed by atoms with Crippen molar-refractivity contribution in [1.82, 2.24) is 14.9 Å². The van der Waals surface area contributed by atoms with Gasteiger partial charge in [-0.25, -0.2) is 4.98 Å². The molecule has 1 atom stereocenters. The first-order valence-electron chi connectivity index (χ1n) is 9.91. The molecule has 1 unspecified atom stereocenters. The number of hydrogen-bond donors (Lipinski definition) is 2. The number of aliphatic hydroxyl groups is 1. The van der Waals surface area contributed by atoms with Crippen LogP contribution in [0.4, 0.5) is 0 Å². The summed E-state index contributed by atoms with van der Waals surface area (Å²) in [4.78, 5) is 24.8. The lowest BCUT2D eigenvalue weighted by Crippen LogP contribution is -2.34. The first kappa shape index (κ1) is 19.5.